The van der Waals surface area contributed by atoms with Gasteiger partial charge in [-0.05, 0) is 36.6 Å². The molecular weight excluding hydrogens is 420 g/mol. The number of aromatic nitrogens is 3. The predicted molar refractivity (Wildman–Crippen MR) is 120 cm³/mol. The zero-order valence-corrected chi connectivity index (χ0v) is 18.0. The van der Waals surface area contributed by atoms with E-state index in [0.29, 0.717) is 42.6 Å². The van der Waals surface area contributed by atoms with Crippen molar-refractivity contribution in [1.82, 2.24) is 19.9 Å². The number of nitrogens with zero attached hydrogens (tertiary/aromatic N) is 4. The number of morpholine rings is 1. The van der Waals surface area contributed by atoms with Crippen LogP contribution in [0.5, 0.6) is 5.75 Å². The molecule has 0 aromatic carbocycles. The summed E-state index contributed by atoms with van der Waals surface area (Å²) < 4.78 is 13.8. The Labute approximate surface area is 190 Å². The average molecular weight is 444 g/mol. The number of carbonyl (C=O) groups excluding carboxylic acids is 1. The van der Waals surface area contributed by atoms with Crippen molar-refractivity contribution in [3.8, 4) is 22.9 Å². The van der Waals surface area contributed by atoms with Gasteiger partial charge in [0.15, 0.2) is 5.82 Å². The number of hydrogen-bond acceptors (Lipinski definition) is 7. The van der Waals surface area contributed by atoms with E-state index < -0.39 is 0 Å². The van der Waals surface area contributed by atoms with E-state index in [1.165, 1.54) is 0 Å². The fourth-order valence-corrected chi connectivity index (χ4v) is 4.68. The van der Waals surface area contributed by atoms with Crippen molar-refractivity contribution >= 4 is 17.2 Å². The molecule has 6 rings (SSSR count). The molecule has 1 aliphatic carbocycles. The SMILES string of the molecule is N#Cc1cc(-c2ccn3nc(NC(=O)C4CC4)cc3c2)c(OC2CC3COCC(C2)N3)cn1. The third-order valence-corrected chi connectivity index (χ3v) is 6.45. The Balaban J connectivity index is 1.30. The van der Waals surface area contributed by atoms with Gasteiger partial charge in [-0.2, -0.15) is 10.4 Å². The molecule has 2 N–H and O–H groups in total. The smallest absolute Gasteiger partial charge is 0.228 e. The van der Waals surface area contributed by atoms with E-state index in [1.807, 2.05) is 24.4 Å². The lowest BCUT2D eigenvalue weighted by atomic mass is 9.94. The minimum absolute atomic E-state index is 0.0271. The van der Waals surface area contributed by atoms with Gasteiger partial charge in [-0.25, -0.2) is 9.50 Å². The molecule has 3 fully saturated rings. The zero-order chi connectivity index (χ0) is 22.4. The van der Waals surface area contributed by atoms with Crippen molar-refractivity contribution in [2.24, 2.45) is 5.92 Å². The first-order chi connectivity index (χ1) is 16.1. The molecule has 168 valence electrons. The number of ether oxygens (including phenoxy) is 2. The highest BCUT2D eigenvalue weighted by Gasteiger charge is 2.33. The quantitative estimate of drug-likeness (QED) is 0.622. The summed E-state index contributed by atoms with van der Waals surface area (Å²) in [4.78, 5) is 16.3. The van der Waals surface area contributed by atoms with Crippen molar-refractivity contribution in [3.05, 3.63) is 42.4 Å². The van der Waals surface area contributed by atoms with Gasteiger partial charge in [-0.1, -0.05) is 0 Å². The van der Waals surface area contributed by atoms with Gasteiger partial charge in [0.2, 0.25) is 5.91 Å². The van der Waals surface area contributed by atoms with Crippen LogP contribution in [-0.2, 0) is 9.53 Å². The van der Waals surface area contributed by atoms with E-state index >= 15 is 0 Å². The van der Waals surface area contributed by atoms with Crippen LogP contribution in [0.4, 0.5) is 5.82 Å². The number of piperidine rings is 1. The molecule has 9 heteroatoms. The summed E-state index contributed by atoms with van der Waals surface area (Å²) in [5, 5.41) is 20.3. The molecule has 33 heavy (non-hydrogen) atoms. The lowest BCUT2D eigenvalue weighted by Crippen LogP contribution is -2.56. The number of hydrogen-bond donors (Lipinski definition) is 2. The van der Waals surface area contributed by atoms with Crippen LogP contribution in [0.1, 0.15) is 31.4 Å². The second-order valence-electron chi connectivity index (χ2n) is 9.06. The standard InChI is InChI=1S/C24H24N6O3/c25-10-16-8-21(22(11-26-16)33-20-6-17-12-32-13-18(7-20)27-17)15-3-4-30-19(5-15)9-23(29-30)28-24(31)14-1-2-14/h3-5,8-9,11,14,17-18,20,27H,1-2,6-7,12-13H2,(H,28,29,31). The molecule has 2 unspecified atom stereocenters. The number of fused-ring (bicyclic) bond motifs is 3. The van der Waals surface area contributed by atoms with Crippen molar-refractivity contribution < 1.29 is 14.3 Å². The molecular formula is C24H24N6O3. The van der Waals surface area contributed by atoms with Gasteiger partial charge in [-0.3, -0.25) is 4.79 Å². The van der Waals surface area contributed by atoms with Crippen LogP contribution in [0.25, 0.3) is 16.6 Å². The van der Waals surface area contributed by atoms with E-state index in [1.54, 1.807) is 16.8 Å². The molecule has 3 aliphatic rings. The molecule has 2 aliphatic heterocycles. The number of nitriles is 1. The van der Waals surface area contributed by atoms with Crippen LogP contribution in [0.15, 0.2) is 36.7 Å². The molecule has 1 amide bonds. The number of nitrogens with one attached hydrogen (secondary N) is 2. The van der Waals surface area contributed by atoms with E-state index in [0.717, 1.165) is 42.3 Å². The monoisotopic (exact) mass is 444 g/mol. The maximum Gasteiger partial charge on any atom is 0.228 e. The summed E-state index contributed by atoms with van der Waals surface area (Å²) in [5.41, 5.74) is 2.88. The van der Waals surface area contributed by atoms with Crippen molar-refractivity contribution in [2.45, 2.75) is 43.9 Å². The van der Waals surface area contributed by atoms with Gasteiger partial charge in [0.05, 0.1) is 24.9 Å². The highest BCUT2D eigenvalue weighted by molar-refractivity contribution is 5.93. The van der Waals surface area contributed by atoms with Crippen LogP contribution < -0.4 is 15.4 Å². The summed E-state index contributed by atoms with van der Waals surface area (Å²) in [6, 6.07) is 10.2. The van der Waals surface area contributed by atoms with E-state index in [4.69, 9.17) is 9.47 Å². The topological polar surface area (TPSA) is 114 Å². The van der Waals surface area contributed by atoms with Crippen LogP contribution in [-0.4, -0.2) is 51.9 Å². The molecule has 3 aromatic rings. The number of pyridine rings is 2. The van der Waals surface area contributed by atoms with E-state index in [-0.39, 0.29) is 17.9 Å². The molecule has 0 spiro atoms. The van der Waals surface area contributed by atoms with Crippen LogP contribution in [0.3, 0.4) is 0 Å². The lowest BCUT2D eigenvalue weighted by molar-refractivity contribution is -0.117. The Kier molecular flexibility index (Phi) is 4.97. The molecule has 2 atom stereocenters. The molecule has 0 radical (unpaired) electrons. The molecule has 1 saturated carbocycles. The van der Waals surface area contributed by atoms with Crippen LogP contribution >= 0.6 is 0 Å². The summed E-state index contributed by atoms with van der Waals surface area (Å²) in [6.45, 7) is 1.40. The fourth-order valence-electron chi connectivity index (χ4n) is 4.68. The highest BCUT2D eigenvalue weighted by Crippen LogP contribution is 2.34. The van der Waals surface area contributed by atoms with Crippen molar-refractivity contribution in [1.29, 1.82) is 5.26 Å². The molecule has 5 heterocycles. The minimum atomic E-state index is 0.0271. The van der Waals surface area contributed by atoms with Crippen LogP contribution in [0.2, 0.25) is 0 Å². The van der Waals surface area contributed by atoms with Gasteiger partial charge in [0.25, 0.3) is 0 Å². The number of anilines is 1. The van der Waals surface area contributed by atoms with Crippen molar-refractivity contribution in [3.63, 3.8) is 0 Å². The Morgan fingerprint density at radius 2 is 2.06 bits per heavy atom. The zero-order valence-electron chi connectivity index (χ0n) is 18.0. The molecule has 9 nitrogen and oxygen atoms in total. The first-order valence-electron chi connectivity index (χ1n) is 11.4. The number of rotatable bonds is 5. The van der Waals surface area contributed by atoms with Gasteiger partial charge in [0.1, 0.15) is 23.6 Å². The Bertz CT molecular complexity index is 1250. The molecule has 3 aromatic heterocycles. The predicted octanol–water partition coefficient (Wildman–Crippen LogP) is 2.51. The van der Waals surface area contributed by atoms with Crippen LogP contribution in [0, 0.1) is 17.2 Å². The normalized spacial score (nSPS) is 24.3. The maximum atomic E-state index is 12.1. The summed E-state index contributed by atoms with van der Waals surface area (Å²) in [6.07, 6.45) is 7.16. The number of carbonyl (C=O) groups is 1. The second kappa shape index (κ2) is 8.14. The maximum absolute atomic E-state index is 12.1. The fraction of sp³-hybridized carbons (Fsp3) is 0.417. The van der Waals surface area contributed by atoms with Gasteiger partial charge < -0.3 is 20.1 Å². The van der Waals surface area contributed by atoms with Crippen molar-refractivity contribution in [2.75, 3.05) is 18.5 Å². The second-order valence-corrected chi connectivity index (χ2v) is 9.06. The molecule has 2 bridgehead atoms. The third-order valence-electron chi connectivity index (χ3n) is 6.45. The lowest BCUT2D eigenvalue weighted by Gasteiger charge is -2.40. The van der Waals surface area contributed by atoms with E-state index in [2.05, 4.69) is 26.8 Å². The van der Waals surface area contributed by atoms with E-state index in [9.17, 15) is 10.1 Å². The summed E-state index contributed by atoms with van der Waals surface area (Å²) in [7, 11) is 0. The first kappa shape index (κ1) is 20.1. The summed E-state index contributed by atoms with van der Waals surface area (Å²) >= 11 is 0. The summed E-state index contributed by atoms with van der Waals surface area (Å²) in [5.74, 6) is 1.34. The van der Waals surface area contributed by atoms with Gasteiger partial charge >= 0.3 is 0 Å². The first-order valence-corrected chi connectivity index (χ1v) is 11.4. The van der Waals surface area contributed by atoms with Gasteiger partial charge in [-0.15, -0.1) is 0 Å². The van der Waals surface area contributed by atoms with Gasteiger partial charge in [0, 0.05) is 48.7 Å². The third kappa shape index (κ3) is 4.15. The average Bonchev–Trinajstić information content (AvgIpc) is 3.59. The highest BCUT2D eigenvalue weighted by atomic mass is 16.5. The number of amides is 1. The largest absolute Gasteiger partial charge is 0.488 e. The Hall–Kier alpha value is -3.48. The Morgan fingerprint density at radius 3 is 2.82 bits per heavy atom. The Morgan fingerprint density at radius 1 is 1.24 bits per heavy atom. The molecule has 2 saturated heterocycles. The minimum Gasteiger partial charge on any atom is -0.488 e.